The second-order valence-corrected chi connectivity index (χ2v) is 7.60. The smallest absolute Gasteiger partial charge is 0.162 e. The number of rotatable bonds is 4. The minimum Gasteiger partial charge on any atom is -0.307 e. The fraction of sp³-hybridized carbons (Fsp3) is 0.188. The Morgan fingerprint density at radius 2 is 1.83 bits per heavy atom. The molecule has 1 aromatic carbocycles. The summed E-state index contributed by atoms with van der Waals surface area (Å²) in [6, 6.07) is 8.64. The molecule has 0 bridgehead atoms. The lowest BCUT2D eigenvalue weighted by atomic mass is 10.1. The molecule has 4 nitrogen and oxygen atoms in total. The van der Waals surface area contributed by atoms with E-state index in [2.05, 4.69) is 4.98 Å². The summed E-state index contributed by atoms with van der Waals surface area (Å²) in [4.78, 5) is 4.22. The zero-order valence-corrected chi connectivity index (χ0v) is 13.1. The molecule has 0 radical (unpaired) electrons. The van der Waals surface area contributed by atoms with E-state index in [9.17, 15) is 17.2 Å². The van der Waals surface area contributed by atoms with Gasteiger partial charge in [-0.3, -0.25) is 0 Å². The minimum absolute atomic E-state index is 0.333. The van der Waals surface area contributed by atoms with Crippen molar-refractivity contribution < 1.29 is 17.2 Å². The first-order valence-corrected chi connectivity index (χ1v) is 8.68. The van der Waals surface area contributed by atoms with Gasteiger partial charge in [-0.1, -0.05) is 12.1 Å². The van der Waals surface area contributed by atoms with Crippen LogP contribution in [-0.4, -0.2) is 17.8 Å². The third-order valence-corrected chi connectivity index (χ3v) is 5.72. The standard InChI is InChI=1S/C16H14F2N2O2S/c1-11(16-13(17)5-4-6-14(16)18)23(21,22)10-12-9-20-8-3-2-7-15(20)19-12/h2-9,11H,10H2,1H3/t11-/m0/s1. The third kappa shape index (κ3) is 2.96. The van der Waals surface area contributed by atoms with E-state index < -0.39 is 32.3 Å². The maximum atomic E-state index is 13.8. The van der Waals surface area contributed by atoms with Gasteiger partial charge < -0.3 is 4.40 Å². The van der Waals surface area contributed by atoms with Crippen LogP contribution >= 0.6 is 0 Å². The van der Waals surface area contributed by atoms with Gasteiger partial charge in [-0.05, 0) is 31.2 Å². The highest BCUT2D eigenvalue weighted by molar-refractivity contribution is 7.90. The van der Waals surface area contributed by atoms with E-state index in [1.165, 1.54) is 13.0 Å². The molecule has 3 aromatic rings. The highest BCUT2D eigenvalue weighted by Crippen LogP contribution is 2.29. The maximum Gasteiger partial charge on any atom is 0.162 e. The van der Waals surface area contributed by atoms with Crippen molar-refractivity contribution in [3.8, 4) is 0 Å². The minimum atomic E-state index is -3.81. The largest absolute Gasteiger partial charge is 0.307 e. The number of imidazole rings is 1. The van der Waals surface area contributed by atoms with Gasteiger partial charge in [0.2, 0.25) is 0 Å². The van der Waals surface area contributed by atoms with Gasteiger partial charge in [0.15, 0.2) is 9.84 Å². The zero-order chi connectivity index (χ0) is 16.6. The number of aromatic nitrogens is 2. The van der Waals surface area contributed by atoms with E-state index in [-0.39, 0.29) is 5.75 Å². The molecule has 3 rings (SSSR count). The normalized spacial score (nSPS) is 13.3. The molecule has 0 saturated heterocycles. The van der Waals surface area contributed by atoms with E-state index in [0.29, 0.717) is 11.3 Å². The lowest BCUT2D eigenvalue weighted by Crippen LogP contribution is -2.15. The van der Waals surface area contributed by atoms with Crippen LogP contribution in [-0.2, 0) is 15.6 Å². The molecule has 0 saturated carbocycles. The number of sulfone groups is 1. The van der Waals surface area contributed by atoms with Gasteiger partial charge in [0.25, 0.3) is 0 Å². The number of hydrogen-bond acceptors (Lipinski definition) is 3. The molecule has 120 valence electrons. The van der Waals surface area contributed by atoms with Gasteiger partial charge in [0.05, 0.1) is 16.7 Å². The molecular formula is C16H14F2N2O2S. The number of halogens is 2. The van der Waals surface area contributed by atoms with E-state index in [1.807, 2.05) is 0 Å². The molecule has 7 heteroatoms. The van der Waals surface area contributed by atoms with Crippen LogP contribution in [0.15, 0.2) is 48.8 Å². The van der Waals surface area contributed by atoms with Crippen molar-refractivity contribution in [3.05, 3.63) is 71.7 Å². The topological polar surface area (TPSA) is 51.4 Å². The fourth-order valence-corrected chi connectivity index (χ4v) is 3.85. The quantitative estimate of drug-likeness (QED) is 0.735. The monoisotopic (exact) mass is 336 g/mol. The average molecular weight is 336 g/mol. The highest BCUT2D eigenvalue weighted by atomic mass is 32.2. The van der Waals surface area contributed by atoms with Crippen LogP contribution in [0.1, 0.15) is 23.4 Å². The van der Waals surface area contributed by atoms with Gasteiger partial charge in [-0.2, -0.15) is 0 Å². The highest BCUT2D eigenvalue weighted by Gasteiger charge is 2.29. The van der Waals surface area contributed by atoms with Gasteiger partial charge in [-0.15, -0.1) is 0 Å². The SMILES string of the molecule is C[C@@H](c1c(F)cccc1F)S(=O)(=O)Cc1cn2ccccc2n1. The number of nitrogens with zero attached hydrogens (tertiary/aromatic N) is 2. The van der Waals surface area contributed by atoms with Crippen molar-refractivity contribution in [3.63, 3.8) is 0 Å². The molecule has 0 fully saturated rings. The van der Waals surface area contributed by atoms with E-state index in [4.69, 9.17) is 0 Å². The number of benzene rings is 1. The van der Waals surface area contributed by atoms with Crippen molar-refractivity contribution in [2.24, 2.45) is 0 Å². The van der Waals surface area contributed by atoms with Crippen molar-refractivity contribution in [1.29, 1.82) is 0 Å². The average Bonchev–Trinajstić information content (AvgIpc) is 2.88. The molecule has 0 unspecified atom stereocenters. The van der Waals surface area contributed by atoms with Gasteiger partial charge in [0.1, 0.15) is 17.3 Å². The van der Waals surface area contributed by atoms with E-state index in [0.717, 1.165) is 12.1 Å². The molecule has 2 aromatic heterocycles. The van der Waals surface area contributed by atoms with E-state index in [1.54, 1.807) is 35.0 Å². The predicted octanol–water partition coefficient (Wildman–Crippen LogP) is 3.29. The fourth-order valence-electron chi connectivity index (χ4n) is 2.47. The first kappa shape index (κ1) is 15.6. The Balaban J connectivity index is 1.94. The summed E-state index contributed by atoms with van der Waals surface area (Å²) in [5, 5.41) is -1.30. The number of pyridine rings is 1. The molecule has 0 aliphatic heterocycles. The van der Waals surface area contributed by atoms with Gasteiger partial charge in [-0.25, -0.2) is 22.2 Å². The Kier molecular flexibility index (Phi) is 3.89. The van der Waals surface area contributed by atoms with Crippen molar-refractivity contribution >= 4 is 15.5 Å². The van der Waals surface area contributed by atoms with Gasteiger partial charge in [0, 0.05) is 18.0 Å². The molecule has 1 atom stereocenters. The summed E-state index contributed by atoms with van der Waals surface area (Å²) in [6.07, 6.45) is 3.34. The van der Waals surface area contributed by atoms with Gasteiger partial charge >= 0.3 is 0 Å². The van der Waals surface area contributed by atoms with E-state index >= 15 is 0 Å². The van der Waals surface area contributed by atoms with Crippen molar-refractivity contribution in [2.75, 3.05) is 0 Å². The lowest BCUT2D eigenvalue weighted by Gasteiger charge is -2.14. The molecule has 0 N–H and O–H groups in total. The first-order valence-electron chi connectivity index (χ1n) is 6.96. The Labute approximate surface area is 132 Å². The summed E-state index contributed by atoms with van der Waals surface area (Å²) in [6.45, 7) is 1.28. The summed E-state index contributed by atoms with van der Waals surface area (Å²) in [7, 11) is -3.81. The maximum absolute atomic E-state index is 13.8. The van der Waals surface area contributed by atoms with Crippen LogP contribution in [0.4, 0.5) is 8.78 Å². The molecule has 0 aliphatic carbocycles. The van der Waals surface area contributed by atoms with Crippen LogP contribution < -0.4 is 0 Å². The Morgan fingerprint density at radius 1 is 1.13 bits per heavy atom. The lowest BCUT2D eigenvalue weighted by molar-refractivity contribution is 0.540. The number of hydrogen-bond donors (Lipinski definition) is 0. The summed E-state index contributed by atoms with van der Waals surface area (Å²) >= 11 is 0. The van der Waals surface area contributed by atoms with Crippen LogP contribution in [0.2, 0.25) is 0 Å². The Bertz CT molecular complexity index is 914. The summed E-state index contributed by atoms with van der Waals surface area (Å²) in [5.74, 6) is -2.11. The van der Waals surface area contributed by atoms with Crippen LogP contribution in [0, 0.1) is 11.6 Å². The molecule has 0 spiro atoms. The molecule has 2 heterocycles. The third-order valence-electron chi connectivity index (χ3n) is 3.71. The number of fused-ring (bicyclic) bond motifs is 1. The van der Waals surface area contributed by atoms with Crippen LogP contribution in [0.25, 0.3) is 5.65 Å². The van der Waals surface area contributed by atoms with Crippen LogP contribution in [0.3, 0.4) is 0 Å². The first-order chi connectivity index (χ1) is 10.9. The second-order valence-electron chi connectivity index (χ2n) is 5.28. The van der Waals surface area contributed by atoms with Crippen molar-refractivity contribution in [2.45, 2.75) is 17.9 Å². The molecular weight excluding hydrogens is 322 g/mol. The predicted molar refractivity (Wildman–Crippen MR) is 82.6 cm³/mol. The molecule has 0 amide bonds. The van der Waals surface area contributed by atoms with Crippen molar-refractivity contribution in [1.82, 2.24) is 9.38 Å². The summed E-state index contributed by atoms with van der Waals surface area (Å²) in [5.41, 5.74) is 0.512. The Morgan fingerprint density at radius 3 is 2.48 bits per heavy atom. The molecule has 23 heavy (non-hydrogen) atoms. The van der Waals surface area contributed by atoms with Crippen LogP contribution in [0.5, 0.6) is 0 Å². The molecule has 0 aliphatic rings. The summed E-state index contributed by atoms with van der Waals surface area (Å²) < 4.78 is 54.3. The Hall–Kier alpha value is -2.28. The zero-order valence-electron chi connectivity index (χ0n) is 12.3. The second kappa shape index (κ2) is 5.73.